The van der Waals surface area contributed by atoms with Gasteiger partial charge in [-0.3, -0.25) is 9.69 Å². The molecule has 6 heteroatoms. The number of nitrogens with zero attached hydrogens (tertiary/aromatic N) is 1. The number of carbonyl (C=O) groups excluding carboxylic acids is 1. The number of ether oxygens (including phenoxy) is 2. The maximum absolute atomic E-state index is 12.8. The minimum absolute atomic E-state index is 0.0336. The van der Waals surface area contributed by atoms with E-state index < -0.39 is 0 Å². The van der Waals surface area contributed by atoms with Crippen molar-refractivity contribution in [1.29, 1.82) is 0 Å². The summed E-state index contributed by atoms with van der Waals surface area (Å²) in [5.41, 5.74) is 1.94. The summed E-state index contributed by atoms with van der Waals surface area (Å²) in [5.74, 6) is 1.27. The normalized spacial score (nSPS) is 18.8. The molecule has 1 aromatic carbocycles. The molecule has 1 N–H and O–H groups in total. The second-order valence-electron chi connectivity index (χ2n) is 6.18. The Hall–Kier alpha value is -2.05. The standard InChI is InChI=1S/C19H24N2O3S/c1-13(21-9-4-5-17(21)14-8-10-25-12-14)19(22)20-16-11-15(23-2)6-7-18(16)24-3/h6-8,10-13,17H,4-5,9H2,1-3H3,(H,20,22). The minimum Gasteiger partial charge on any atom is -0.497 e. The van der Waals surface area contributed by atoms with Gasteiger partial charge in [0, 0.05) is 12.1 Å². The molecule has 1 aromatic heterocycles. The number of anilines is 1. The molecule has 0 spiro atoms. The maximum Gasteiger partial charge on any atom is 0.241 e. The summed E-state index contributed by atoms with van der Waals surface area (Å²) in [6.45, 7) is 2.90. The van der Waals surface area contributed by atoms with E-state index in [2.05, 4.69) is 27.0 Å². The van der Waals surface area contributed by atoms with Crippen LogP contribution < -0.4 is 14.8 Å². The molecule has 2 aromatic rings. The Morgan fingerprint density at radius 1 is 1.32 bits per heavy atom. The van der Waals surface area contributed by atoms with Gasteiger partial charge in [0.2, 0.25) is 5.91 Å². The van der Waals surface area contributed by atoms with Gasteiger partial charge in [-0.15, -0.1) is 0 Å². The fraction of sp³-hybridized carbons (Fsp3) is 0.421. The highest BCUT2D eigenvalue weighted by atomic mass is 32.1. The van der Waals surface area contributed by atoms with Gasteiger partial charge in [-0.2, -0.15) is 11.3 Å². The number of hydrogen-bond acceptors (Lipinski definition) is 5. The number of carbonyl (C=O) groups is 1. The number of hydrogen-bond donors (Lipinski definition) is 1. The molecule has 2 unspecified atom stereocenters. The Bertz CT molecular complexity index is 717. The molecule has 0 radical (unpaired) electrons. The fourth-order valence-corrected chi connectivity index (χ4v) is 4.08. The quantitative estimate of drug-likeness (QED) is 0.848. The van der Waals surface area contributed by atoms with Crippen molar-refractivity contribution < 1.29 is 14.3 Å². The predicted molar refractivity (Wildman–Crippen MR) is 101 cm³/mol. The highest BCUT2D eigenvalue weighted by Gasteiger charge is 2.33. The molecular weight excluding hydrogens is 336 g/mol. The molecule has 0 saturated carbocycles. The monoisotopic (exact) mass is 360 g/mol. The third-order valence-corrected chi connectivity index (χ3v) is 5.47. The zero-order valence-electron chi connectivity index (χ0n) is 14.8. The second-order valence-corrected chi connectivity index (χ2v) is 6.96. The summed E-state index contributed by atoms with van der Waals surface area (Å²) in [4.78, 5) is 15.1. The third-order valence-electron chi connectivity index (χ3n) is 4.76. The number of benzene rings is 1. The average molecular weight is 360 g/mol. The molecule has 5 nitrogen and oxygen atoms in total. The molecule has 2 heterocycles. The third kappa shape index (κ3) is 3.80. The van der Waals surface area contributed by atoms with Crippen molar-refractivity contribution >= 4 is 22.9 Å². The smallest absolute Gasteiger partial charge is 0.241 e. The van der Waals surface area contributed by atoms with Gasteiger partial charge in [0.15, 0.2) is 0 Å². The SMILES string of the molecule is COc1ccc(OC)c(NC(=O)C(C)N2CCCC2c2ccsc2)c1. The highest BCUT2D eigenvalue weighted by Crippen LogP contribution is 2.35. The van der Waals surface area contributed by atoms with E-state index in [1.54, 1.807) is 37.7 Å². The van der Waals surface area contributed by atoms with Crippen LogP contribution in [0.1, 0.15) is 31.4 Å². The van der Waals surface area contributed by atoms with E-state index in [1.807, 2.05) is 13.0 Å². The molecular formula is C19H24N2O3S. The summed E-state index contributed by atoms with van der Waals surface area (Å²) in [6.07, 6.45) is 2.21. The molecule has 1 aliphatic heterocycles. The van der Waals surface area contributed by atoms with E-state index in [4.69, 9.17) is 9.47 Å². The lowest BCUT2D eigenvalue weighted by molar-refractivity contribution is -0.121. The van der Waals surface area contributed by atoms with Gasteiger partial charge in [-0.25, -0.2) is 0 Å². The number of amides is 1. The van der Waals surface area contributed by atoms with Crippen molar-refractivity contribution in [1.82, 2.24) is 4.90 Å². The van der Waals surface area contributed by atoms with E-state index in [0.717, 1.165) is 19.4 Å². The Morgan fingerprint density at radius 3 is 2.84 bits per heavy atom. The molecule has 25 heavy (non-hydrogen) atoms. The molecule has 1 aliphatic rings. The molecule has 3 rings (SSSR count). The van der Waals surface area contributed by atoms with Crippen LogP contribution in [0.4, 0.5) is 5.69 Å². The first-order valence-corrected chi connectivity index (χ1v) is 9.39. The lowest BCUT2D eigenvalue weighted by Gasteiger charge is -2.29. The zero-order valence-corrected chi connectivity index (χ0v) is 15.6. The summed E-state index contributed by atoms with van der Waals surface area (Å²) in [7, 11) is 3.19. The molecule has 2 atom stereocenters. The summed E-state index contributed by atoms with van der Waals surface area (Å²) < 4.78 is 10.6. The predicted octanol–water partition coefficient (Wildman–Crippen LogP) is 3.93. The van der Waals surface area contributed by atoms with Gasteiger partial charge in [0.1, 0.15) is 11.5 Å². The van der Waals surface area contributed by atoms with Gasteiger partial charge < -0.3 is 14.8 Å². The summed E-state index contributed by atoms with van der Waals surface area (Å²) in [5, 5.41) is 7.27. The van der Waals surface area contributed by atoms with E-state index in [1.165, 1.54) is 5.56 Å². The number of likely N-dealkylation sites (tertiary alicyclic amines) is 1. The van der Waals surface area contributed by atoms with Crippen molar-refractivity contribution in [3.05, 3.63) is 40.6 Å². The van der Waals surface area contributed by atoms with Crippen LogP contribution in [-0.4, -0.2) is 37.6 Å². The van der Waals surface area contributed by atoms with Crippen molar-refractivity contribution in [3.63, 3.8) is 0 Å². The first kappa shape index (κ1) is 17.8. The van der Waals surface area contributed by atoms with Crippen LogP contribution in [0.5, 0.6) is 11.5 Å². The van der Waals surface area contributed by atoms with Gasteiger partial charge in [0.25, 0.3) is 0 Å². The largest absolute Gasteiger partial charge is 0.497 e. The first-order valence-electron chi connectivity index (χ1n) is 8.44. The van der Waals surface area contributed by atoms with Gasteiger partial charge in [-0.05, 0) is 60.8 Å². The van der Waals surface area contributed by atoms with E-state index in [9.17, 15) is 4.79 Å². The molecule has 1 saturated heterocycles. The molecule has 0 bridgehead atoms. The lowest BCUT2D eigenvalue weighted by Crippen LogP contribution is -2.41. The van der Waals surface area contributed by atoms with Gasteiger partial charge >= 0.3 is 0 Å². The Morgan fingerprint density at radius 2 is 2.16 bits per heavy atom. The molecule has 1 fully saturated rings. The van der Waals surface area contributed by atoms with Crippen molar-refractivity contribution in [2.24, 2.45) is 0 Å². The topological polar surface area (TPSA) is 50.8 Å². The lowest BCUT2D eigenvalue weighted by atomic mass is 10.1. The first-order chi connectivity index (χ1) is 12.1. The van der Waals surface area contributed by atoms with Crippen LogP contribution in [0.15, 0.2) is 35.0 Å². The van der Waals surface area contributed by atoms with E-state index in [-0.39, 0.29) is 11.9 Å². The molecule has 0 aliphatic carbocycles. The Balaban J connectivity index is 1.74. The van der Waals surface area contributed by atoms with Crippen LogP contribution >= 0.6 is 11.3 Å². The Labute approximate surface area is 152 Å². The summed E-state index contributed by atoms with van der Waals surface area (Å²) >= 11 is 1.70. The van der Waals surface area contributed by atoms with E-state index in [0.29, 0.717) is 23.2 Å². The van der Waals surface area contributed by atoms with Crippen LogP contribution in [0.3, 0.4) is 0 Å². The van der Waals surface area contributed by atoms with Crippen LogP contribution in [0, 0.1) is 0 Å². The second kappa shape index (κ2) is 7.89. The van der Waals surface area contributed by atoms with Gasteiger partial charge in [0.05, 0.1) is 25.9 Å². The average Bonchev–Trinajstić information content (AvgIpc) is 3.31. The van der Waals surface area contributed by atoms with Crippen LogP contribution in [0.2, 0.25) is 0 Å². The van der Waals surface area contributed by atoms with Crippen LogP contribution in [-0.2, 0) is 4.79 Å². The highest BCUT2D eigenvalue weighted by molar-refractivity contribution is 7.07. The molecule has 1 amide bonds. The minimum atomic E-state index is -0.219. The number of methoxy groups -OCH3 is 2. The maximum atomic E-state index is 12.8. The summed E-state index contributed by atoms with van der Waals surface area (Å²) in [6, 6.07) is 7.64. The number of rotatable bonds is 6. The van der Waals surface area contributed by atoms with Crippen molar-refractivity contribution in [2.45, 2.75) is 31.8 Å². The van der Waals surface area contributed by atoms with Crippen molar-refractivity contribution in [2.75, 3.05) is 26.1 Å². The Kier molecular flexibility index (Phi) is 5.60. The van der Waals surface area contributed by atoms with Crippen molar-refractivity contribution in [3.8, 4) is 11.5 Å². The fourth-order valence-electron chi connectivity index (χ4n) is 3.37. The van der Waals surface area contributed by atoms with E-state index >= 15 is 0 Å². The number of thiophene rings is 1. The number of nitrogens with one attached hydrogen (secondary N) is 1. The molecule has 134 valence electrons. The van der Waals surface area contributed by atoms with Crippen LogP contribution in [0.25, 0.3) is 0 Å². The zero-order chi connectivity index (χ0) is 17.8. The van der Waals surface area contributed by atoms with Gasteiger partial charge in [-0.1, -0.05) is 0 Å².